The fourth-order valence-electron chi connectivity index (χ4n) is 3.68. The van der Waals surface area contributed by atoms with E-state index in [2.05, 4.69) is 31.9 Å². The molecule has 5 heteroatoms. The van der Waals surface area contributed by atoms with Crippen LogP contribution in [0.5, 0.6) is 0 Å². The molecule has 2 heterocycles. The highest BCUT2D eigenvalue weighted by Crippen LogP contribution is 2.38. The third-order valence-corrected chi connectivity index (χ3v) is 4.99. The zero-order valence-corrected chi connectivity index (χ0v) is 14.2. The van der Waals surface area contributed by atoms with Crippen LogP contribution in [0.4, 0.5) is 0 Å². The molecule has 0 unspecified atom stereocenters. The van der Waals surface area contributed by atoms with Gasteiger partial charge in [-0.15, -0.1) is 0 Å². The number of fused-ring (bicyclic) bond motifs is 1. The Kier molecular flexibility index (Phi) is 4.13. The van der Waals surface area contributed by atoms with Gasteiger partial charge < -0.3 is 5.11 Å². The van der Waals surface area contributed by atoms with Crippen LogP contribution in [0, 0.1) is 5.41 Å². The van der Waals surface area contributed by atoms with Crippen LogP contribution in [0.15, 0.2) is 12.1 Å². The largest absolute Gasteiger partial charge is 0.476 e. The normalized spacial score (nSPS) is 17.7. The summed E-state index contributed by atoms with van der Waals surface area (Å²) in [6, 6.07) is 3.68. The Morgan fingerprint density at radius 1 is 1.30 bits per heavy atom. The van der Waals surface area contributed by atoms with E-state index in [0.717, 1.165) is 17.8 Å². The number of hydrogen-bond acceptors (Lipinski definition) is 3. The summed E-state index contributed by atoms with van der Waals surface area (Å²) < 4.78 is 1.68. The molecule has 2 aromatic rings. The lowest BCUT2D eigenvalue weighted by molar-refractivity contribution is 0.0690. The van der Waals surface area contributed by atoms with Crippen molar-refractivity contribution in [3.63, 3.8) is 0 Å². The SMILES string of the molecule is CC(C)c1cc(CC2(C)CCCCC2)nc2cc(C(=O)O)nn12. The minimum atomic E-state index is -1.01. The van der Waals surface area contributed by atoms with E-state index >= 15 is 0 Å². The number of carbonyl (C=O) groups is 1. The van der Waals surface area contributed by atoms with Gasteiger partial charge in [0.15, 0.2) is 11.3 Å². The van der Waals surface area contributed by atoms with Gasteiger partial charge in [-0.05, 0) is 36.7 Å². The van der Waals surface area contributed by atoms with Crippen LogP contribution in [0.25, 0.3) is 5.65 Å². The lowest BCUT2D eigenvalue weighted by Crippen LogP contribution is -2.23. The number of carboxylic acid groups (broad SMARTS) is 1. The van der Waals surface area contributed by atoms with Crippen molar-refractivity contribution in [2.24, 2.45) is 5.41 Å². The fraction of sp³-hybridized carbons (Fsp3) is 0.611. The van der Waals surface area contributed by atoms with Crippen LogP contribution in [0.2, 0.25) is 0 Å². The van der Waals surface area contributed by atoms with Crippen LogP contribution < -0.4 is 0 Å². The second-order valence-corrected chi connectivity index (χ2v) is 7.48. The van der Waals surface area contributed by atoms with Crippen molar-refractivity contribution in [1.29, 1.82) is 0 Å². The number of nitrogens with zero attached hydrogens (tertiary/aromatic N) is 3. The fourth-order valence-corrected chi connectivity index (χ4v) is 3.68. The van der Waals surface area contributed by atoms with E-state index in [1.807, 2.05) is 0 Å². The predicted molar refractivity (Wildman–Crippen MR) is 88.9 cm³/mol. The van der Waals surface area contributed by atoms with Gasteiger partial charge in [-0.2, -0.15) is 5.10 Å². The van der Waals surface area contributed by atoms with Gasteiger partial charge in [0.1, 0.15) is 0 Å². The molecule has 1 N–H and O–H groups in total. The van der Waals surface area contributed by atoms with Gasteiger partial charge in [-0.25, -0.2) is 14.3 Å². The molecule has 1 saturated carbocycles. The molecule has 0 saturated heterocycles. The molecule has 5 nitrogen and oxygen atoms in total. The van der Waals surface area contributed by atoms with E-state index in [0.29, 0.717) is 11.1 Å². The standard InChI is InChI=1S/C18H25N3O2/c1-12(2)15-9-13(11-18(3)7-5-4-6-8-18)19-16-10-14(17(22)23)20-21(15)16/h9-10,12H,4-8,11H2,1-3H3,(H,22,23). The highest BCUT2D eigenvalue weighted by atomic mass is 16.4. The predicted octanol–water partition coefficient (Wildman–Crippen LogP) is 4.06. The van der Waals surface area contributed by atoms with Gasteiger partial charge in [0, 0.05) is 17.5 Å². The molecule has 0 aromatic carbocycles. The van der Waals surface area contributed by atoms with E-state index in [4.69, 9.17) is 4.98 Å². The molecule has 1 fully saturated rings. The average molecular weight is 315 g/mol. The van der Waals surface area contributed by atoms with Crippen LogP contribution in [-0.2, 0) is 6.42 Å². The summed E-state index contributed by atoms with van der Waals surface area (Å²) in [6.07, 6.45) is 7.38. The van der Waals surface area contributed by atoms with Crippen molar-refractivity contribution in [2.75, 3.05) is 0 Å². The Bertz CT molecular complexity index is 727. The summed E-state index contributed by atoms with van der Waals surface area (Å²) >= 11 is 0. The first kappa shape index (κ1) is 16.0. The minimum absolute atomic E-state index is 0.0560. The van der Waals surface area contributed by atoms with Crippen LogP contribution >= 0.6 is 0 Å². The first-order chi connectivity index (χ1) is 10.9. The Hall–Kier alpha value is -1.91. The average Bonchev–Trinajstić information content (AvgIpc) is 2.90. The topological polar surface area (TPSA) is 67.5 Å². The Balaban J connectivity index is 2.02. The monoisotopic (exact) mass is 315 g/mol. The summed E-state index contributed by atoms with van der Waals surface area (Å²) in [5.74, 6) is -0.744. The zero-order chi connectivity index (χ0) is 16.6. The van der Waals surface area contributed by atoms with Crippen LogP contribution in [0.1, 0.15) is 80.7 Å². The molecule has 1 aliphatic rings. The van der Waals surface area contributed by atoms with Crippen molar-refractivity contribution in [3.05, 3.63) is 29.2 Å². The maximum atomic E-state index is 11.2. The number of aromatic nitrogens is 3. The first-order valence-electron chi connectivity index (χ1n) is 8.51. The van der Waals surface area contributed by atoms with Gasteiger partial charge in [0.25, 0.3) is 0 Å². The maximum Gasteiger partial charge on any atom is 0.356 e. The molecule has 0 aliphatic heterocycles. The summed E-state index contributed by atoms with van der Waals surface area (Å²) in [7, 11) is 0. The first-order valence-corrected chi connectivity index (χ1v) is 8.51. The van der Waals surface area contributed by atoms with Crippen molar-refractivity contribution >= 4 is 11.6 Å². The zero-order valence-electron chi connectivity index (χ0n) is 14.2. The Labute approximate surface area is 136 Å². The lowest BCUT2D eigenvalue weighted by Gasteiger charge is -2.33. The second-order valence-electron chi connectivity index (χ2n) is 7.48. The molecule has 0 bridgehead atoms. The molecule has 0 radical (unpaired) electrons. The molecule has 0 amide bonds. The third kappa shape index (κ3) is 3.23. The molecule has 3 rings (SSSR count). The van der Waals surface area contributed by atoms with Crippen molar-refractivity contribution in [3.8, 4) is 0 Å². The molecular formula is C18H25N3O2. The van der Waals surface area contributed by atoms with Gasteiger partial charge in [-0.1, -0.05) is 40.0 Å². The molecule has 1 aliphatic carbocycles. The highest BCUT2D eigenvalue weighted by molar-refractivity contribution is 5.86. The van der Waals surface area contributed by atoms with E-state index in [9.17, 15) is 9.90 Å². The van der Waals surface area contributed by atoms with E-state index in [1.54, 1.807) is 10.6 Å². The van der Waals surface area contributed by atoms with Crippen LogP contribution in [0.3, 0.4) is 0 Å². The number of carboxylic acids is 1. The number of hydrogen-bond donors (Lipinski definition) is 1. The smallest absolute Gasteiger partial charge is 0.356 e. The van der Waals surface area contributed by atoms with E-state index in [-0.39, 0.29) is 11.6 Å². The van der Waals surface area contributed by atoms with E-state index in [1.165, 1.54) is 32.1 Å². The molecular weight excluding hydrogens is 290 g/mol. The van der Waals surface area contributed by atoms with Gasteiger partial charge in [0.2, 0.25) is 0 Å². The van der Waals surface area contributed by atoms with Gasteiger partial charge in [0.05, 0.1) is 0 Å². The van der Waals surface area contributed by atoms with Gasteiger partial charge >= 0.3 is 5.97 Å². The van der Waals surface area contributed by atoms with Crippen LogP contribution in [-0.4, -0.2) is 25.7 Å². The molecule has 124 valence electrons. The lowest BCUT2D eigenvalue weighted by atomic mass is 9.73. The van der Waals surface area contributed by atoms with Crippen molar-refractivity contribution in [2.45, 2.75) is 65.2 Å². The quantitative estimate of drug-likeness (QED) is 0.923. The number of aromatic carboxylic acids is 1. The Morgan fingerprint density at radius 3 is 2.61 bits per heavy atom. The van der Waals surface area contributed by atoms with Crippen molar-refractivity contribution in [1.82, 2.24) is 14.6 Å². The summed E-state index contributed by atoms with van der Waals surface area (Å²) in [6.45, 7) is 6.55. The maximum absolute atomic E-state index is 11.2. The molecule has 0 atom stereocenters. The second kappa shape index (κ2) is 5.95. The number of rotatable bonds is 4. The Morgan fingerprint density at radius 2 is 2.00 bits per heavy atom. The molecule has 2 aromatic heterocycles. The molecule has 0 spiro atoms. The molecule has 23 heavy (non-hydrogen) atoms. The van der Waals surface area contributed by atoms with Crippen molar-refractivity contribution < 1.29 is 9.90 Å². The highest BCUT2D eigenvalue weighted by Gasteiger charge is 2.28. The summed E-state index contributed by atoms with van der Waals surface area (Å²) in [4.78, 5) is 15.9. The summed E-state index contributed by atoms with van der Waals surface area (Å²) in [5.41, 5.74) is 3.09. The minimum Gasteiger partial charge on any atom is -0.476 e. The van der Waals surface area contributed by atoms with Gasteiger partial charge in [-0.3, -0.25) is 0 Å². The third-order valence-electron chi connectivity index (χ3n) is 4.99. The summed E-state index contributed by atoms with van der Waals surface area (Å²) in [5, 5.41) is 13.4. The van der Waals surface area contributed by atoms with E-state index < -0.39 is 5.97 Å².